The predicted molar refractivity (Wildman–Crippen MR) is 111 cm³/mol. The van der Waals surface area contributed by atoms with Gasteiger partial charge in [-0.1, -0.05) is 29.8 Å². The van der Waals surface area contributed by atoms with Crippen molar-refractivity contribution >= 4 is 23.5 Å². The first kappa shape index (κ1) is 19.8. The quantitative estimate of drug-likeness (QED) is 0.358. The first-order valence-electron chi connectivity index (χ1n) is 8.90. The van der Waals surface area contributed by atoms with E-state index in [0.717, 1.165) is 11.3 Å². The fourth-order valence-corrected chi connectivity index (χ4v) is 2.60. The molecule has 29 heavy (non-hydrogen) atoms. The highest BCUT2D eigenvalue weighted by Crippen LogP contribution is 2.27. The van der Waals surface area contributed by atoms with Crippen LogP contribution in [0, 0.1) is 24.0 Å². The van der Waals surface area contributed by atoms with Crippen LogP contribution in [0.25, 0.3) is 11.3 Å². The number of anilines is 1. The van der Waals surface area contributed by atoms with Crippen LogP contribution in [0.1, 0.15) is 16.9 Å². The van der Waals surface area contributed by atoms with E-state index in [4.69, 9.17) is 4.42 Å². The molecule has 3 rings (SSSR count). The van der Waals surface area contributed by atoms with E-state index in [1.54, 1.807) is 31.2 Å². The lowest BCUT2D eigenvalue weighted by atomic mass is 10.1. The lowest BCUT2D eigenvalue weighted by Gasteiger charge is -2.05. The highest BCUT2D eigenvalue weighted by molar-refractivity contribution is 5.83. The van der Waals surface area contributed by atoms with E-state index in [9.17, 15) is 14.9 Å². The summed E-state index contributed by atoms with van der Waals surface area (Å²) in [5, 5.41) is 18.0. The summed E-state index contributed by atoms with van der Waals surface area (Å²) in [6, 6.07) is 15.9. The van der Waals surface area contributed by atoms with Crippen molar-refractivity contribution < 1.29 is 14.1 Å². The number of amides is 1. The maximum absolute atomic E-state index is 11.9. The third-order valence-electron chi connectivity index (χ3n) is 4.20. The Balaban J connectivity index is 1.56. The number of hydrogen-bond donors (Lipinski definition) is 2. The van der Waals surface area contributed by atoms with Crippen LogP contribution in [0.15, 0.2) is 64.1 Å². The number of hydrazone groups is 1. The van der Waals surface area contributed by atoms with E-state index >= 15 is 0 Å². The summed E-state index contributed by atoms with van der Waals surface area (Å²) in [7, 11) is 0. The van der Waals surface area contributed by atoms with E-state index in [2.05, 4.69) is 15.8 Å². The molecule has 0 aliphatic carbocycles. The van der Waals surface area contributed by atoms with E-state index in [1.165, 1.54) is 12.3 Å². The second-order valence-corrected chi connectivity index (χ2v) is 6.47. The van der Waals surface area contributed by atoms with Gasteiger partial charge in [0.05, 0.1) is 17.7 Å². The van der Waals surface area contributed by atoms with Gasteiger partial charge in [-0.15, -0.1) is 0 Å². The average molecular weight is 392 g/mol. The van der Waals surface area contributed by atoms with E-state index < -0.39 is 4.92 Å². The molecule has 0 saturated heterocycles. The van der Waals surface area contributed by atoms with Gasteiger partial charge in [0.25, 0.3) is 11.6 Å². The van der Waals surface area contributed by atoms with Crippen LogP contribution in [0.5, 0.6) is 0 Å². The molecule has 1 aromatic heterocycles. The molecule has 0 bridgehead atoms. The molecule has 8 heteroatoms. The molecule has 2 aromatic carbocycles. The highest BCUT2D eigenvalue weighted by atomic mass is 16.6. The van der Waals surface area contributed by atoms with Gasteiger partial charge in [0.15, 0.2) is 0 Å². The number of nitrogens with zero attached hydrogens (tertiary/aromatic N) is 2. The summed E-state index contributed by atoms with van der Waals surface area (Å²) in [4.78, 5) is 22.5. The molecule has 0 aliphatic heterocycles. The van der Waals surface area contributed by atoms with Crippen molar-refractivity contribution in [3.8, 4) is 11.3 Å². The molecule has 0 spiro atoms. The number of furan rings is 1. The van der Waals surface area contributed by atoms with E-state index in [0.29, 0.717) is 22.6 Å². The van der Waals surface area contributed by atoms with Gasteiger partial charge in [-0.2, -0.15) is 5.10 Å². The van der Waals surface area contributed by atoms with Gasteiger partial charge < -0.3 is 9.73 Å². The molecule has 2 N–H and O–H groups in total. The minimum absolute atomic E-state index is 0.0301. The van der Waals surface area contributed by atoms with Gasteiger partial charge in [-0.3, -0.25) is 14.9 Å². The van der Waals surface area contributed by atoms with Crippen LogP contribution >= 0.6 is 0 Å². The summed E-state index contributed by atoms with van der Waals surface area (Å²) in [5.74, 6) is 0.583. The number of benzene rings is 2. The largest absolute Gasteiger partial charge is 0.455 e. The maximum Gasteiger partial charge on any atom is 0.273 e. The van der Waals surface area contributed by atoms with Crippen molar-refractivity contribution in [3.63, 3.8) is 0 Å². The number of carbonyl (C=O) groups is 1. The number of carbonyl (C=O) groups excluding carboxylic acids is 1. The SMILES string of the molecule is Cc1ccc(NCC(=O)N/N=C\c2ccc(-c3ccc(C)c([N+](=O)[O-])c3)o2)cc1. The zero-order valence-electron chi connectivity index (χ0n) is 16.0. The molecule has 0 saturated carbocycles. The number of aryl methyl sites for hydroxylation is 2. The Hall–Kier alpha value is -3.94. The zero-order valence-corrected chi connectivity index (χ0v) is 16.0. The van der Waals surface area contributed by atoms with Gasteiger partial charge in [-0.25, -0.2) is 5.43 Å². The molecule has 148 valence electrons. The Labute approximate surface area is 167 Å². The van der Waals surface area contributed by atoms with Crippen LogP contribution in [-0.2, 0) is 4.79 Å². The molecule has 0 unspecified atom stereocenters. The van der Waals surface area contributed by atoms with Crippen molar-refractivity contribution in [2.75, 3.05) is 11.9 Å². The number of nitrogens with one attached hydrogen (secondary N) is 2. The van der Waals surface area contributed by atoms with Crippen molar-refractivity contribution in [2.24, 2.45) is 5.10 Å². The third kappa shape index (κ3) is 5.29. The van der Waals surface area contributed by atoms with Crippen LogP contribution < -0.4 is 10.7 Å². The minimum atomic E-state index is -0.426. The summed E-state index contributed by atoms with van der Waals surface area (Å²) < 4.78 is 5.63. The smallest absolute Gasteiger partial charge is 0.273 e. The topological polar surface area (TPSA) is 110 Å². The number of hydrogen-bond acceptors (Lipinski definition) is 6. The summed E-state index contributed by atoms with van der Waals surface area (Å²) in [6.07, 6.45) is 1.37. The van der Waals surface area contributed by atoms with Crippen molar-refractivity contribution in [2.45, 2.75) is 13.8 Å². The molecule has 1 heterocycles. The van der Waals surface area contributed by atoms with Crippen molar-refractivity contribution in [1.82, 2.24) is 5.43 Å². The van der Waals surface area contributed by atoms with E-state index in [1.807, 2.05) is 31.2 Å². The van der Waals surface area contributed by atoms with Crippen LogP contribution in [0.3, 0.4) is 0 Å². The maximum atomic E-state index is 11.9. The molecule has 0 atom stereocenters. The molecule has 8 nitrogen and oxygen atoms in total. The first-order chi connectivity index (χ1) is 13.9. The Morgan fingerprint density at radius 1 is 1.14 bits per heavy atom. The van der Waals surface area contributed by atoms with Gasteiger partial charge in [-0.05, 0) is 38.1 Å². The number of nitro benzene ring substituents is 1. The zero-order chi connectivity index (χ0) is 20.8. The standard InChI is InChI=1S/C21H20N4O4/c1-14-3-7-17(8-4-14)22-13-21(26)24-23-12-18-9-10-20(29-18)16-6-5-15(2)19(11-16)25(27)28/h3-12,22H,13H2,1-2H3,(H,24,26)/b23-12-. The molecular weight excluding hydrogens is 372 g/mol. The van der Waals surface area contributed by atoms with Gasteiger partial charge in [0.1, 0.15) is 11.5 Å². The number of rotatable bonds is 7. The van der Waals surface area contributed by atoms with Crippen molar-refractivity contribution in [3.05, 3.63) is 81.6 Å². The third-order valence-corrected chi connectivity index (χ3v) is 4.20. The lowest BCUT2D eigenvalue weighted by Crippen LogP contribution is -2.25. The van der Waals surface area contributed by atoms with Crippen LogP contribution in [0.2, 0.25) is 0 Å². The highest BCUT2D eigenvalue weighted by Gasteiger charge is 2.13. The van der Waals surface area contributed by atoms with Crippen LogP contribution in [-0.4, -0.2) is 23.6 Å². The Morgan fingerprint density at radius 2 is 1.90 bits per heavy atom. The normalized spacial score (nSPS) is 10.8. The minimum Gasteiger partial charge on any atom is -0.455 e. The second kappa shape index (κ2) is 8.83. The van der Waals surface area contributed by atoms with Gasteiger partial charge >= 0.3 is 0 Å². The molecule has 3 aromatic rings. The summed E-state index contributed by atoms with van der Waals surface area (Å²) in [6.45, 7) is 3.75. The molecule has 0 fully saturated rings. The second-order valence-electron chi connectivity index (χ2n) is 6.47. The lowest BCUT2D eigenvalue weighted by molar-refractivity contribution is -0.385. The Morgan fingerprint density at radius 3 is 2.62 bits per heavy atom. The Bertz CT molecular complexity index is 1050. The van der Waals surface area contributed by atoms with Gasteiger partial charge in [0.2, 0.25) is 0 Å². The predicted octanol–water partition coefficient (Wildman–Crippen LogP) is 4.03. The van der Waals surface area contributed by atoms with Crippen LogP contribution in [0.4, 0.5) is 11.4 Å². The molecule has 0 aliphatic rings. The van der Waals surface area contributed by atoms with Crippen molar-refractivity contribution in [1.29, 1.82) is 0 Å². The molecular formula is C21H20N4O4. The average Bonchev–Trinajstić information content (AvgIpc) is 3.16. The van der Waals surface area contributed by atoms with E-state index in [-0.39, 0.29) is 18.1 Å². The molecule has 0 radical (unpaired) electrons. The van der Waals surface area contributed by atoms with Gasteiger partial charge in [0, 0.05) is 22.9 Å². The monoisotopic (exact) mass is 392 g/mol. The first-order valence-corrected chi connectivity index (χ1v) is 8.90. The fraction of sp³-hybridized carbons (Fsp3) is 0.143. The fourth-order valence-electron chi connectivity index (χ4n) is 2.60. The molecule has 1 amide bonds. The Kier molecular flexibility index (Phi) is 6.03. The summed E-state index contributed by atoms with van der Waals surface area (Å²) >= 11 is 0. The summed E-state index contributed by atoms with van der Waals surface area (Å²) in [5.41, 5.74) is 5.60. The number of nitro groups is 1.